The molecule has 0 bridgehead atoms. The Labute approximate surface area is 163 Å². The second-order valence-corrected chi connectivity index (χ2v) is 7.21. The molecule has 0 radical (unpaired) electrons. The van der Waals surface area contributed by atoms with Crippen molar-refractivity contribution in [1.29, 1.82) is 0 Å². The van der Waals surface area contributed by atoms with E-state index in [-0.39, 0.29) is 12.6 Å². The summed E-state index contributed by atoms with van der Waals surface area (Å²) in [5.41, 5.74) is 1.67. The lowest BCUT2D eigenvalue weighted by molar-refractivity contribution is -0.156. The van der Waals surface area contributed by atoms with Crippen LogP contribution in [0.25, 0.3) is 0 Å². The van der Waals surface area contributed by atoms with E-state index in [0.717, 1.165) is 17.5 Å². The highest BCUT2D eigenvalue weighted by molar-refractivity contribution is 6.30. The van der Waals surface area contributed by atoms with Gasteiger partial charge in [0.15, 0.2) is 6.61 Å². The van der Waals surface area contributed by atoms with Crippen LogP contribution in [0.15, 0.2) is 42.5 Å². The molecular formula is C21H22ClNO4. The van der Waals surface area contributed by atoms with Crippen molar-refractivity contribution in [2.75, 3.05) is 19.0 Å². The summed E-state index contributed by atoms with van der Waals surface area (Å²) >= 11 is 6.07. The van der Waals surface area contributed by atoms with Gasteiger partial charge in [0.25, 0.3) is 5.91 Å². The van der Waals surface area contributed by atoms with Gasteiger partial charge in [-0.15, -0.1) is 0 Å². The van der Waals surface area contributed by atoms with Crippen LogP contribution >= 0.6 is 11.6 Å². The minimum absolute atomic E-state index is 0.349. The largest absolute Gasteiger partial charge is 0.495 e. The number of carbonyl (C=O) groups excluding carboxylic acids is 2. The lowest BCUT2D eigenvalue weighted by Crippen LogP contribution is -2.44. The monoisotopic (exact) mass is 387 g/mol. The Kier molecular flexibility index (Phi) is 5.71. The van der Waals surface area contributed by atoms with Crippen LogP contribution in [0.1, 0.15) is 30.4 Å². The van der Waals surface area contributed by atoms with Crippen LogP contribution in [0.2, 0.25) is 5.02 Å². The minimum Gasteiger partial charge on any atom is -0.495 e. The fourth-order valence-corrected chi connectivity index (χ4v) is 3.49. The number of ether oxygens (including phenoxy) is 2. The standard InChI is InChI=1S/C21H22ClNO4/c1-14-7-8-18(26-2)17(11-14)23-19(24)13-27-20(25)21(9-4-10-21)15-5-3-6-16(22)12-15/h3,5-8,11-12H,4,9-10,13H2,1-2H3,(H,23,24). The van der Waals surface area contributed by atoms with E-state index in [1.807, 2.05) is 25.1 Å². The lowest BCUT2D eigenvalue weighted by atomic mass is 9.64. The Morgan fingerprint density at radius 3 is 2.59 bits per heavy atom. The van der Waals surface area contributed by atoms with Crippen LogP contribution < -0.4 is 10.1 Å². The van der Waals surface area contributed by atoms with Crippen molar-refractivity contribution in [3.05, 3.63) is 58.6 Å². The van der Waals surface area contributed by atoms with E-state index < -0.39 is 11.3 Å². The fraction of sp³-hybridized carbons (Fsp3) is 0.333. The molecule has 1 aliphatic carbocycles. The number of rotatable bonds is 6. The Morgan fingerprint density at radius 2 is 1.96 bits per heavy atom. The molecule has 2 aromatic rings. The van der Waals surface area contributed by atoms with Gasteiger partial charge in [-0.05, 0) is 55.2 Å². The Hall–Kier alpha value is -2.53. The van der Waals surface area contributed by atoms with E-state index in [9.17, 15) is 9.59 Å². The molecule has 3 rings (SSSR count). The maximum atomic E-state index is 12.7. The first kappa shape index (κ1) is 19.2. The number of carbonyl (C=O) groups is 2. The highest BCUT2D eigenvalue weighted by Gasteiger charge is 2.47. The molecule has 1 N–H and O–H groups in total. The summed E-state index contributed by atoms with van der Waals surface area (Å²) in [6.07, 6.45) is 2.33. The molecule has 1 amide bonds. The van der Waals surface area contributed by atoms with E-state index in [2.05, 4.69) is 5.32 Å². The summed E-state index contributed by atoms with van der Waals surface area (Å²) in [4.78, 5) is 25.0. The second kappa shape index (κ2) is 8.01. The highest BCUT2D eigenvalue weighted by atomic mass is 35.5. The van der Waals surface area contributed by atoms with Crippen LogP contribution in [0.5, 0.6) is 5.75 Å². The molecule has 0 saturated heterocycles. The lowest BCUT2D eigenvalue weighted by Gasteiger charge is -2.39. The number of nitrogens with one attached hydrogen (secondary N) is 1. The van der Waals surface area contributed by atoms with Crippen molar-refractivity contribution >= 4 is 29.2 Å². The first-order valence-corrected chi connectivity index (χ1v) is 9.20. The number of hydrogen-bond acceptors (Lipinski definition) is 4. The smallest absolute Gasteiger partial charge is 0.317 e. The molecular weight excluding hydrogens is 366 g/mol. The van der Waals surface area contributed by atoms with E-state index >= 15 is 0 Å². The molecule has 1 fully saturated rings. The molecule has 0 heterocycles. The van der Waals surface area contributed by atoms with Gasteiger partial charge in [0.05, 0.1) is 18.2 Å². The molecule has 0 unspecified atom stereocenters. The predicted octanol–water partition coefficient (Wildman–Crippen LogP) is 4.26. The van der Waals surface area contributed by atoms with Crippen molar-refractivity contribution in [3.8, 4) is 5.75 Å². The van der Waals surface area contributed by atoms with Crippen molar-refractivity contribution in [2.24, 2.45) is 0 Å². The number of methoxy groups -OCH3 is 1. The quantitative estimate of drug-likeness (QED) is 0.752. The van der Waals surface area contributed by atoms with Gasteiger partial charge in [0.2, 0.25) is 0 Å². The summed E-state index contributed by atoms with van der Waals surface area (Å²) in [5, 5.41) is 3.31. The highest BCUT2D eigenvalue weighted by Crippen LogP contribution is 2.45. The van der Waals surface area contributed by atoms with Crippen molar-refractivity contribution in [3.63, 3.8) is 0 Å². The third-order valence-electron chi connectivity index (χ3n) is 4.94. The van der Waals surface area contributed by atoms with Crippen molar-refractivity contribution in [1.82, 2.24) is 0 Å². The zero-order chi connectivity index (χ0) is 19.4. The first-order valence-electron chi connectivity index (χ1n) is 8.82. The Bertz CT molecular complexity index is 861. The van der Waals surface area contributed by atoms with Gasteiger partial charge in [-0.1, -0.05) is 36.2 Å². The van der Waals surface area contributed by atoms with E-state index in [0.29, 0.717) is 29.3 Å². The zero-order valence-electron chi connectivity index (χ0n) is 15.4. The molecule has 5 nitrogen and oxygen atoms in total. The van der Waals surface area contributed by atoms with Gasteiger partial charge in [-0.3, -0.25) is 9.59 Å². The molecule has 1 aliphatic rings. The van der Waals surface area contributed by atoms with E-state index in [1.165, 1.54) is 7.11 Å². The zero-order valence-corrected chi connectivity index (χ0v) is 16.1. The first-order chi connectivity index (χ1) is 12.9. The second-order valence-electron chi connectivity index (χ2n) is 6.77. The SMILES string of the molecule is COc1ccc(C)cc1NC(=O)COC(=O)C1(c2cccc(Cl)c2)CCC1. The number of esters is 1. The maximum Gasteiger partial charge on any atom is 0.317 e. The molecule has 0 aliphatic heterocycles. The Balaban J connectivity index is 1.65. The summed E-state index contributed by atoms with van der Waals surface area (Å²) in [7, 11) is 1.53. The van der Waals surface area contributed by atoms with Crippen LogP contribution in [0.3, 0.4) is 0 Å². The number of anilines is 1. The molecule has 0 spiro atoms. The summed E-state index contributed by atoms with van der Waals surface area (Å²) in [6, 6.07) is 12.7. The number of aryl methyl sites for hydroxylation is 1. The summed E-state index contributed by atoms with van der Waals surface area (Å²) in [6.45, 7) is 1.57. The number of amides is 1. The molecule has 0 aromatic heterocycles. The van der Waals surface area contributed by atoms with Crippen molar-refractivity contribution in [2.45, 2.75) is 31.6 Å². The third kappa shape index (κ3) is 4.08. The summed E-state index contributed by atoms with van der Waals surface area (Å²) in [5.74, 6) is -0.246. The number of benzene rings is 2. The predicted molar refractivity (Wildman–Crippen MR) is 104 cm³/mol. The van der Waals surface area contributed by atoms with E-state index in [4.69, 9.17) is 21.1 Å². The van der Waals surface area contributed by atoms with Gasteiger partial charge in [-0.25, -0.2) is 0 Å². The van der Waals surface area contributed by atoms with Crippen LogP contribution in [0, 0.1) is 6.92 Å². The van der Waals surface area contributed by atoms with Crippen molar-refractivity contribution < 1.29 is 19.1 Å². The molecule has 0 atom stereocenters. The van der Waals surface area contributed by atoms with Gasteiger partial charge in [0.1, 0.15) is 5.75 Å². The van der Waals surface area contributed by atoms with Gasteiger partial charge in [0, 0.05) is 5.02 Å². The van der Waals surface area contributed by atoms with Crippen LogP contribution in [0.4, 0.5) is 5.69 Å². The topological polar surface area (TPSA) is 64.6 Å². The molecule has 142 valence electrons. The number of halogens is 1. The minimum atomic E-state index is -0.702. The van der Waals surface area contributed by atoms with E-state index in [1.54, 1.807) is 24.3 Å². The van der Waals surface area contributed by atoms with Crippen LogP contribution in [-0.4, -0.2) is 25.6 Å². The van der Waals surface area contributed by atoms with Gasteiger partial charge in [-0.2, -0.15) is 0 Å². The molecule has 1 saturated carbocycles. The third-order valence-corrected chi connectivity index (χ3v) is 5.17. The molecule has 27 heavy (non-hydrogen) atoms. The molecule has 2 aromatic carbocycles. The maximum absolute atomic E-state index is 12.7. The average Bonchev–Trinajstić information content (AvgIpc) is 2.59. The van der Waals surface area contributed by atoms with Gasteiger partial charge >= 0.3 is 5.97 Å². The van der Waals surface area contributed by atoms with Crippen LogP contribution in [-0.2, 0) is 19.7 Å². The average molecular weight is 388 g/mol. The summed E-state index contributed by atoms with van der Waals surface area (Å²) < 4.78 is 10.6. The normalized spacial score (nSPS) is 14.8. The Morgan fingerprint density at radius 1 is 1.19 bits per heavy atom. The molecule has 6 heteroatoms. The van der Waals surface area contributed by atoms with Gasteiger partial charge < -0.3 is 14.8 Å². The fourth-order valence-electron chi connectivity index (χ4n) is 3.30. The number of hydrogen-bond donors (Lipinski definition) is 1.